The molecule has 2 heterocycles. The van der Waals surface area contributed by atoms with Gasteiger partial charge in [0.1, 0.15) is 13.0 Å². The molecule has 7 aromatic carbocycles. The number of ether oxygens (including phenoxy) is 1. The Kier molecular flexibility index (Phi) is 10.3. The van der Waals surface area contributed by atoms with Crippen molar-refractivity contribution in [2.24, 2.45) is 0 Å². The summed E-state index contributed by atoms with van der Waals surface area (Å²) in [6, 6.07) is 40.3. The van der Waals surface area contributed by atoms with Gasteiger partial charge in [0.15, 0.2) is 12.3 Å². The van der Waals surface area contributed by atoms with Crippen LogP contribution in [0, 0.1) is 10.1 Å². The second kappa shape index (κ2) is 15.9. The summed E-state index contributed by atoms with van der Waals surface area (Å²) in [5, 5.41) is 30.9. The Morgan fingerprint density at radius 2 is 1.34 bits per heavy atom. The van der Waals surface area contributed by atoms with Crippen molar-refractivity contribution in [2.45, 2.75) is 44.4 Å². The van der Waals surface area contributed by atoms with E-state index in [0.717, 1.165) is 66.2 Å². The maximum atomic E-state index is 12.3. The van der Waals surface area contributed by atoms with Crippen molar-refractivity contribution in [2.75, 3.05) is 24.6 Å². The maximum absolute atomic E-state index is 12.3. The molecule has 9 rings (SSSR count). The summed E-state index contributed by atoms with van der Waals surface area (Å²) >= 11 is 0. The van der Waals surface area contributed by atoms with Gasteiger partial charge in [0.25, 0.3) is 12.2 Å². The predicted octanol–water partition coefficient (Wildman–Crippen LogP) is 11.2. The van der Waals surface area contributed by atoms with E-state index in [1.807, 2.05) is 48.6 Å². The fraction of sp³-hybridized carbons (Fsp3) is 0.189. The number of fused-ring (bicyclic) bond motifs is 12. The number of hydrogen-bond donors (Lipinski definition) is 1. The van der Waals surface area contributed by atoms with Crippen LogP contribution in [0.1, 0.15) is 43.9 Å². The fourth-order valence-corrected chi connectivity index (χ4v) is 10.3. The summed E-state index contributed by atoms with van der Waals surface area (Å²) in [6.45, 7) is 8.06. The Bertz CT molecular complexity index is 3120. The van der Waals surface area contributed by atoms with Gasteiger partial charge in [0.05, 0.1) is 28.0 Å². The molecule has 2 aliphatic heterocycles. The number of aliphatic carboxylic acids is 1. The summed E-state index contributed by atoms with van der Waals surface area (Å²) in [5.74, 6) is -0.900. The molecule has 1 atom stereocenters. The molecule has 0 aromatic heterocycles. The van der Waals surface area contributed by atoms with Gasteiger partial charge in [-0.15, -0.1) is 0 Å². The first-order valence-corrected chi connectivity index (χ1v) is 20.9. The van der Waals surface area contributed by atoms with Crippen molar-refractivity contribution in [1.29, 1.82) is 0 Å². The van der Waals surface area contributed by atoms with Gasteiger partial charge < -0.3 is 14.7 Å². The van der Waals surface area contributed by atoms with Crippen LogP contribution in [0.3, 0.4) is 0 Å². The number of nitro groups is 1. The Labute approximate surface area is 359 Å². The van der Waals surface area contributed by atoms with Crippen LogP contribution in [-0.4, -0.2) is 52.5 Å². The lowest BCUT2D eigenvalue weighted by molar-refractivity contribution is -0.435. The molecule has 0 amide bonds. The van der Waals surface area contributed by atoms with Gasteiger partial charge in [0.2, 0.25) is 5.69 Å². The number of nitrogens with zero attached hydrogens (tertiary/aromatic N) is 3. The molecule has 0 spiro atoms. The van der Waals surface area contributed by atoms with Crippen molar-refractivity contribution in [1.82, 2.24) is 0 Å². The molecule has 1 N–H and O–H groups in total. The Balaban J connectivity index is 1.20. The second-order valence-corrected chi connectivity index (χ2v) is 16.8. The zero-order chi connectivity index (χ0) is 43.2. The zero-order valence-electron chi connectivity index (χ0n) is 34.9. The molecule has 0 saturated heterocycles. The Morgan fingerprint density at radius 3 is 1.97 bits per heavy atom. The predicted molar refractivity (Wildman–Crippen MR) is 248 cm³/mol. The highest BCUT2D eigenvalue weighted by Crippen LogP contribution is 2.54. The highest BCUT2D eigenvalue weighted by atomic mass is 16.6. The van der Waals surface area contributed by atoms with Gasteiger partial charge in [-0.2, -0.15) is 4.58 Å². The minimum atomic E-state index is -0.900. The number of carboxylic acids is 1. The number of carboxylic acid groups (broad SMARTS) is 1. The van der Waals surface area contributed by atoms with Gasteiger partial charge in [0, 0.05) is 40.3 Å². The van der Waals surface area contributed by atoms with Crippen molar-refractivity contribution < 1.29 is 28.9 Å². The first-order valence-electron chi connectivity index (χ1n) is 20.9. The summed E-state index contributed by atoms with van der Waals surface area (Å²) in [6.07, 6.45) is 10.6. The van der Waals surface area contributed by atoms with E-state index in [1.54, 1.807) is 12.1 Å². The summed E-state index contributed by atoms with van der Waals surface area (Å²) in [7, 11) is 0. The average Bonchev–Trinajstić information content (AvgIpc) is 3.65. The topological polar surface area (TPSA) is 113 Å². The zero-order valence-corrected chi connectivity index (χ0v) is 34.9. The van der Waals surface area contributed by atoms with Crippen molar-refractivity contribution in [3.05, 3.63) is 184 Å². The number of anilines is 1. The molecule has 308 valence electrons. The molecule has 1 unspecified atom stereocenters. The van der Waals surface area contributed by atoms with Crippen LogP contribution >= 0.6 is 0 Å². The third-order valence-corrected chi connectivity index (χ3v) is 12.8. The molecular weight excluding hydrogens is 775 g/mol. The number of rotatable bonds is 13. The average molecular weight is 821 g/mol. The summed E-state index contributed by atoms with van der Waals surface area (Å²) in [5.41, 5.74) is 6.00. The lowest BCUT2D eigenvalue weighted by Crippen LogP contribution is -2.34. The summed E-state index contributed by atoms with van der Waals surface area (Å²) < 4.78 is 7.43. The third kappa shape index (κ3) is 6.61. The highest BCUT2D eigenvalue weighted by Gasteiger charge is 2.50. The number of benzene rings is 7. The molecule has 0 aliphatic carbocycles. The van der Waals surface area contributed by atoms with E-state index in [4.69, 9.17) is 4.74 Å². The van der Waals surface area contributed by atoms with E-state index < -0.39 is 16.8 Å². The van der Waals surface area contributed by atoms with Gasteiger partial charge in [-0.1, -0.05) is 135 Å². The molecule has 9 heteroatoms. The molecule has 62 heavy (non-hydrogen) atoms. The van der Waals surface area contributed by atoms with Gasteiger partial charge >= 0.3 is 5.97 Å². The minimum absolute atomic E-state index is 0.0215. The first kappa shape index (κ1) is 40.0. The quantitative estimate of drug-likeness (QED) is 0.0234. The van der Waals surface area contributed by atoms with Gasteiger partial charge in [-0.3, -0.25) is 19.7 Å². The summed E-state index contributed by atoms with van der Waals surface area (Å²) in [4.78, 5) is 37.4. The molecule has 0 radical (unpaired) electrons. The smallest absolute Gasteiger partial charge is 0.309 e. The van der Waals surface area contributed by atoms with Crippen LogP contribution in [0.2, 0.25) is 0 Å². The molecule has 0 saturated carbocycles. The van der Waals surface area contributed by atoms with E-state index in [-0.39, 0.29) is 30.2 Å². The Hall–Kier alpha value is -7.39. The molecular formula is C53H46N3O6+. The van der Waals surface area contributed by atoms with Crippen LogP contribution < -0.4 is 4.90 Å². The number of carbonyl (C=O) groups excluding carboxylic acids is 1. The third-order valence-electron chi connectivity index (χ3n) is 12.8. The fourth-order valence-electron chi connectivity index (χ4n) is 10.3. The molecule has 9 nitrogen and oxygen atoms in total. The van der Waals surface area contributed by atoms with E-state index in [1.165, 1.54) is 22.4 Å². The molecule has 7 aromatic rings. The Morgan fingerprint density at radius 1 is 0.758 bits per heavy atom. The lowest BCUT2D eigenvalue weighted by Gasteiger charge is -2.27. The van der Waals surface area contributed by atoms with Crippen LogP contribution in [0.25, 0.3) is 43.1 Å². The van der Waals surface area contributed by atoms with E-state index in [9.17, 15) is 24.8 Å². The second-order valence-electron chi connectivity index (χ2n) is 16.8. The SMILES string of the molecule is CC1(Cc2cccc([N+](=O)[O-])c2)C(/C=C/C=C/C=C2\N(CCOC=O)c3c(c4ccccc4c4ccccc34)C2(C)C)=[N+](CCC(=O)O)c2c1c1ccccc1c1ccccc21. The number of nitro benzene ring substituents is 1. The van der Waals surface area contributed by atoms with Crippen LogP contribution in [0.4, 0.5) is 17.1 Å². The van der Waals surface area contributed by atoms with E-state index >= 15 is 0 Å². The van der Waals surface area contributed by atoms with Crippen LogP contribution in [0.15, 0.2) is 157 Å². The van der Waals surface area contributed by atoms with Gasteiger partial charge in [-0.25, -0.2) is 0 Å². The van der Waals surface area contributed by atoms with Gasteiger partial charge in [-0.05, 0) is 68.9 Å². The largest absolute Gasteiger partial charge is 0.481 e. The van der Waals surface area contributed by atoms with Crippen molar-refractivity contribution >= 4 is 78.3 Å². The van der Waals surface area contributed by atoms with Crippen LogP contribution in [-0.2, 0) is 31.6 Å². The maximum Gasteiger partial charge on any atom is 0.309 e. The lowest BCUT2D eigenvalue weighted by atomic mass is 9.72. The normalized spacial score (nSPS) is 17.6. The van der Waals surface area contributed by atoms with E-state index in [2.05, 4.69) is 115 Å². The molecule has 2 aliphatic rings. The number of hydrogen-bond acceptors (Lipinski definition) is 6. The van der Waals surface area contributed by atoms with Crippen molar-refractivity contribution in [3.8, 4) is 0 Å². The van der Waals surface area contributed by atoms with Crippen molar-refractivity contribution in [3.63, 3.8) is 0 Å². The number of carbonyl (C=O) groups is 2. The minimum Gasteiger partial charge on any atom is -0.481 e. The first-order chi connectivity index (χ1) is 30.0. The molecule has 0 bridgehead atoms. The number of non-ortho nitro benzene ring substituents is 1. The van der Waals surface area contributed by atoms with E-state index in [0.29, 0.717) is 19.4 Å². The monoisotopic (exact) mass is 820 g/mol. The molecule has 0 fully saturated rings. The number of allylic oxidation sites excluding steroid dienone is 6. The van der Waals surface area contributed by atoms with Crippen LogP contribution in [0.5, 0.6) is 0 Å². The standard InChI is InChI=1S/C53H45N3O6/c1-52(2)45(55(30-31-62-34-57)50-43-24-13-9-20-39(43)37-18-7-11-22-41(37)48(50)52)26-5-4-6-27-46-53(3,33-35-16-15-17-36(32-35)56(60)61)49-42-23-12-8-19-38(42)40-21-10-14-25-44(40)51(49)54(46)29-28-47(58)59/h4-27,32,34H,28-31,33H2,1-3H3/p+1. The highest BCUT2D eigenvalue weighted by molar-refractivity contribution is 6.19.